The van der Waals surface area contributed by atoms with Crippen molar-refractivity contribution < 1.29 is 23.5 Å². The summed E-state index contributed by atoms with van der Waals surface area (Å²) in [5.41, 5.74) is -0.600. The van der Waals surface area contributed by atoms with Crippen molar-refractivity contribution in [2.24, 2.45) is 5.92 Å². The highest BCUT2D eigenvalue weighted by atomic mass is 19.1. The normalized spacial score (nSPS) is 15.9. The summed E-state index contributed by atoms with van der Waals surface area (Å²) in [6.45, 7) is 1.40. The van der Waals surface area contributed by atoms with Crippen LogP contribution in [0.3, 0.4) is 0 Å². The highest BCUT2D eigenvalue weighted by Crippen LogP contribution is 2.33. The fraction of sp³-hybridized carbons (Fsp3) is 0.385. The first-order valence-electron chi connectivity index (χ1n) is 5.90. The van der Waals surface area contributed by atoms with E-state index in [0.29, 0.717) is 12.8 Å². The molecule has 0 spiro atoms. The van der Waals surface area contributed by atoms with Gasteiger partial charge in [0, 0.05) is 0 Å². The molecule has 0 radical (unpaired) electrons. The van der Waals surface area contributed by atoms with Crippen LogP contribution in [0.15, 0.2) is 12.1 Å². The molecule has 0 aliphatic heterocycles. The summed E-state index contributed by atoms with van der Waals surface area (Å²) < 4.78 is 27.2. The maximum Gasteiger partial charge on any atom is 0.326 e. The van der Waals surface area contributed by atoms with Gasteiger partial charge in [-0.3, -0.25) is 4.79 Å². The van der Waals surface area contributed by atoms with E-state index in [0.717, 1.165) is 6.07 Å². The van der Waals surface area contributed by atoms with Crippen molar-refractivity contribution >= 4 is 11.9 Å². The van der Waals surface area contributed by atoms with Crippen LogP contribution in [0, 0.1) is 24.5 Å². The maximum atomic E-state index is 13.7. The third-order valence-corrected chi connectivity index (χ3v) is 3.16. The predicted molar refractivity (Wildman–Crippen MR) is 62.7 cm³/mol. The molecule has 0 saturated heterocycles. The number of nitrogens with one attached hydrogen (secondary N) is 1. The summed E-state index contributed by atoms with van der Waals surface area (Å²) in [6.07, 6.45) is 1.38. The van der Waals surface area contributed by atoms with Gasteiger partial charge >= 0.3 is 5.97 Å². The number of hydrogen-bond acceptors (Lipinski definition) is 2. The minimum atomic E-state index is -1.19. The summed E-state index contributed by atoms with van der Waals surface area (Å²) in [5, 5.41) is 11.2. The smallest absolute Gasteiger partial charge is 0.326 e. The fourth-order valence-corrected chi connectivity index (χ4v) is 1.89. The molecule has 1 unspecified atom stereocenters. The van der Waals surface area contributed by atoms with Gasteiger partial charge in [-0.25, -0.2) is 13.6 Å². The van der Waals surface area contributed by atoms with Gasteiger partial charge in [-0.05, 0) is 37.3 Å². The van der Waals surface area contributed by atoms with Gasteiger partial charge in [-0.2, -0.15) is 0 Å². The van der Waals surface area contributed by atoms with E-state index in [1.54, 1.807) is 0 Å². The number of aryl methyl sites for hydroxylation is 1. The van der Waals surface area contributed by atoms with Crippen molar-refractivity contribution in [2.75, 3.05) is 0 Å². The summed E-state index contributed by atoms with van der Waals surface area (Å²) in [6, 6.07) is 1.11. The molecule has 2 rings (SSSR count). The first kappa shape index (κ1) is 13.5. The molecule has 1 aromatic rings. The predicted octanol–water partition coefficient (Wildman–Crippen LogP) is 1.87. The van der Waals surface area contributed by atoms with Crippen LogP contribution in [0.4, 0.5) is 8.78 Å². The van der Waals surface area contributed by atoms with Crippen molar-refractivity contribution in [3.05, 3.63) is 34.9 Å². The van der Waals surface area contributed by atoms with E-state index in [4.69, 9.17) is 5.11 Å². The minimum absolute atomic E-state index is 0.129. The van der Waals surface area contributed by atoms with Gasteiger partial charge in [0.15, 0.2) is 0 Å². The van der Waals surface area contributed by atoms with Gasteiger partial charge in [0.1, 0.15) is 23.2 Å². The van der Waals surface area contributed by atoms with E-state index in [9.17, 15) is 18.4 Å². The number of benzene rings is 1. The Balaban J connectivity index is 2.24. The highest BCUT2D eigenvalue weighted by molar-refractivity contribution is 5.97. The van der Waals surface area contributed by atoms with Gasteiger partial charge in [-0.15, -0.1) is 0 Å². The zero-order valence-corrected chi connectivity index (χ0v) is 10.2. The molecule has 0 bridgehead atoms. The Hall–Kier alpha value is -1.98. The number of halogens is 2. The first-order chi connectivity index (χ1) is 8.91. The molecule has 1 saturated carbocycles. The highest BCUT2D eigenvalue weighted by Gasteiger charge is 2.38. The van der Waals surface area contributed by atoms with Crippen LogP contribution in [-0.2, 0) is 4.79 Å². The van der Waals surface area contributed by atoms with Crippen LogP contribution in [0.2, 0.25) is 0 Å². The molecule has 1 aromatic carbocycles. The van der Waals surface area contributed by atoms with Crippen LogP contribution < -0.4 is 5.32 Å². The molecule has 4 nitrogen and oxygen atoms in total. The van der Waals surface area contributed by atoms with Gasteiger partial charge in [0.2, 0.25) is 0 Å². The quantitative estimate of drug-likeness (QED) is 0.876. The van der Waals surface area contributed by atoms with E-state index < -0.39 is 35.1 Å². The number of amides is 1. The molecule has 0 aromatic heterocycles. The Labute approximate surface area is 108 Å². The lowest BCUT2D eigenvalue weighted by molar-refractivity contribution is -0.139. The van der Waals surface area contributed by atoms with E-state index >= 15 is 0 Å². The minimum Gasteiger partial charge on any atom is -0.480 e. The molecule has 102 valence electrons. The molecule has 1 aliphatic carbocycles. The third-order valence-electron chi connectivity index (χ3n) is 3.16. The molecule has 1 fully saturated rings. The Morgan fingerprint density at radius 3 is 2.53 bits per heavy atom. The third kappa shape index (κ3) is 2.72. The van der Waals surface area contributed by atoms with Crippen LogP contribution in [0.25, 0.3) is 0 Å². The SMILES string of the molecule is Cc1ccc(F)c(C(=O)NC(C(=O)O)C2CC2)c1F. The lowest BCUT2D eigenvalue weighted by Gasteiger charge is -2.14. The standard InChI is InChI=1S/C13H13F2NO3/c1-6-2-5-8(14)9(10(6)15)12(17)16-11(13(18)19)7-3-4-7/h2,5,7,11H,3-4H2,1H3,(H,16,17)(H,18,19). The monoisotopic (exact) mass is 269 g/mol. The van der Waals surface area contributed by atoms with Crippen molar-refractivity contribution in [3.63, 3.8) is 0 Å². The lowest BCUT2D eigenvalue weighted by atomic mass is 10.1. The van der Waals surface area contributed by atoms with E-state index in [1.165, 1.54) is 13.0 Å². The average Bonchev–Trinajstić information content (AvgIpc) is 3.15. The van der Waals surface area contributed by atoms with E-state index in [1.807, 2.05) is 0 Å². The largest absolute Gasteiger partial charge is 0.480 e. The van der Waals surface area contributed by atoms with Crippen molar-refractivity contribution in [3.8, 4) is 0 Å². The fourth-order valence-electron chi connectivity index (χ4n) is 1.89. The second-order valence-electron chi connectivity index (χ2n) is 4.68. The second kappa shape index (κ2) is 4.95. The molecule has 2 N–H and O–H groups in total. The Morgan fingerprint density at radius 2 is 2.00 bits per heavy atom. The molecule has 1 aliphatic rings. The summed E-state index contributed by atoms with van der Waals surface area (Å²) >= 11 is 0. The summed E-state index contributed by atoms with van der Waals surface area (Å²) in [4.78, 5) is 22.8. The zero-order chi connectivity index (χ0) is 14.2. The number of rotatable bonds is 4. The second-order valence-corrected chi connectivity index (χ2v) is 4.68. The van der Waals surface area contributed by atoms with Gasteiger partial charge < -0.3 is 10.4 Å². The van der Waals surface area contributed by atoms with Gasteiger partial charge in [-0.1, -0.05) is 6.07 Å². The molecule has 1 amide bonds. The number of carbonyl (C=O) groups excluding carboxylic acids is 1. The zero-order valence-electron chi connectivity index (χ0n) is 10.2. The molecule has 6 heteroatoms. The lowest BCUT2D eigenvalue weighted by Crippen LogP contribution is -2.43. The molecular weight excluding hydrogens is 256 g/mol. The number of carbonyl (C=O) groups is 2. The number of aliphatic carboxylic acids is 1. The molecular formula is C13H13F2NO3. The number of carboxylic acid groups (broad SMARTS) is 1. The molecule has 19 heavy (non-hydrogen) atoms. The summed E-state index contributed by atoms with van der Waals surface area (Å²) in [5.74, 6) is -4.34. The maximum absolute atomic E-state index is 13.7. The van der Waals surface area contributed by atoms with E-state index in [2.05, 4.69) is 5.32 Å². The molecule has 0 heterocycles. The van der Waals surface area contributed by atoms with Crippen molar-refractivity contribution in [2.45, 2.75) is 25.8 Å². The van der Waals surface area contributed by atoms with Gasteiger partial charge in [0.25, 0.3) is 5.91 Å². The molecule has 1 atom stereocenters. The van der Waals surface area contributed by atoms with Crippen LogP contribution in [-0.4, -0.2) is 23.0 Å². The topological polar surface area (TPSA) is 66.4 Å². The number of hydrogen-bond donors (Lipinski definition) is 2. The Kier molecular flexibility index (Phi) is 3.50. The van der Waals surface area contributed by atoms with Crippen LogP contribution in [0.5, 0.6) is 0 Å². The summed E-state index contributed by atoms with van der Waals surface area (Å²) in [7, 11) is 0. The average molecular weight is 269 g/mol. The van der Waals surface area contributed by atoms with Crippen molar-refractivity contribution in [1.29, 1.82) is 0 Å². The van der Waals surface area contributed by atoms with Gasteiger partial charge in [0.05, 0.1) is 0 Å². The van der Waals surface area contributed by atoms with Crippen molar-refractivity contribution in [1.82, 2.24) is 5.32 Å². The Morgan fingerprint density at radius 1 is 1.37 bits per heavy atom. The van der Waals surface area contributed by atoms with Crippen LogP contribution in [0.1, 0.15) is 28.8 Å². The first-order valence-corrected chi connectivity index (χ1v) is 5.90. The van der Waals surface area contributed by atoms with E-state index in [-0.39, 0.29) is 11.5 Å². The van der Waals surface area contributed by atoms with Crippen LogP contribution >= 0.6 is 0 Å². The Bertz CT molecular complexity index is 541. The number of carboxylic acids is 1.